The van der Waals surface area contributed by atoms with Crippen molar-refractivity contribution in [3.05, 3.63) is 111 Å². The summed E-state index contributed by atoms with van der Waals surface area (Å²) in [6, 6.07) is 16.9. The SMILES string of the molecule is C=C(OO)N(CC(=O)O)S(=O)(=O)c1ccc2nc(-n3nc(C(C)(C)C)c(C#N)c3N=Nc3c(C)cc(N(CCCC)c4c(C)cc(C)cc4C)nc3Nc3c(C)cc(C)cc3C)sc2c1. The van der Waals surface area contributed by atoms with E-state index in [4.69, 9.17) is 30.6 Å². The first-order chi connectivity index (χ1) is 30.6. The Hall–Kier alpha value is -6.68. The molecular formula is C47H54N10O6S2. The van der Waals surface area contributed by atoms with Crippen LogP contribution in [0, 0.1) is 59.8 Å². The highest BCUT2D eigenvalue weighted by Crippen LogP contribution is 2.42. The number of pyridine rings is 1. The minimum atomic E-state index is -4.57. The Balaban J connectivity index is 1.55. The number of azo groups is 1. The molecule has 0 unspecified atom stereocenters. The highest BCUT2D eigenvalue weighted by molar-refractivity contribution is 7.89. The van der Waals surface area contributed by atoms with Crippen molar-refractivity contribution < 1.29 is 28.5 Å². The lowest BCUT2D eigenvalue weighted by Gasteiger charge is -2.29. The van der Waals surface area contributed by atoms with Crippen LogP contribution in [0.1, 0.15) is 90.7 Å². The van der Waals surface area contributed by atoms with Gasteiger partial charge in [-0.25, -0.2) is 27.9 Å². The number of nitrogens with zero attached hydrogens (tertiary/aromatic N) is 9. The van der Waals surface area contributed by atoms with Crippen molar-refractivity contribution >= 4 is 72.1 Å². The number of aromatic nitrogens is 4. The van der Waals surface area contributed by atoms with Gasteiger partial charge in [0.1, 0.15) is 29.7 Å². The Morgan fingerprint density at radius 1 is 0.954 bits per heavy atom. The van der Waals surface area contributed by atoms with E-state index in [0.717, 1.165) is 81.3 Å². The number of aryl methyl sites for hydroxylation is 7. The highest BCUT2D eigenvalue weighted by atomic mass is 32.2. The van der Waals surface area contributed by atoms with Gasteiger partial charge < -0.3 is 20.2 Å². The molecule has 340 valence electrons. The van der Waals surface area contributed by atoms with Gasteiger partial charge in [0.25, 0.3) is 10.0 Å². The summed E-state index contributed by atoms with van der Waals surface area (Å²) >= 11 is 1.07. The molecule has 0 saturated carbocycles. The first kappa shape index (κ1) is 47.8. The second-order valence-electron chi connectivity index (χ2n) is 17.2. The number of nitrogens with one attached hydrogen (secondary N) is 1. The van der Waals surface area contributed by atoms with E-state index < -0.39 is 33.8 Å². The van der Waals surface area contributed by atoms with Gasteiger partial charge >= 0.3 is 5.97 Å². The van der Waals surface area contributed by atoms with E-state index >= 15 is 0 Å². The van der Waals surface area contributed by atoms with Crippen molar-refractivity contribution in [3.63, 3.8) is 0 Å². The monoisotopic (exact) mass is 918 g/mol. The highest BCUT2D eigenvalue weighted by Gasteiger charge is 2.32. The summed E-state index contributed by atoms with van der Waals surface area (Å²) in [6.45, 7) is 25.4. The minimum Gasteiger partial charge on any atom is -0.480 e. The molecule has 0 amide bonds. The Kier molecular flexibility index (Phi) is 13.8. The second kappa shape index (κ2) is 18.8. The zero-order valence-electron chi connectivity index (χ0n) is 38.5. The Labute approximate surface area is 383 Å². The minimum absolute atomic E-state index is 0.0981. The average molecular weight is 919 g/mol. The quantitative estimate of drug-likeness (QED) is 0.0358. The molecule has 6 rings (SSSR count). The maximum absolute atomic E-state index is 13.6. The van der Waals surface area contributed by atoms with Gasteiger partial charge in [-0.1, -0.05) is 80.8 Å². The molecule has 6 aromatic rings. The largest absolute Gasteiger partial charge is 0.480 e. The van der Waals surface area contributed by atoms with Crippen molar-refractivity contribution in [2.75, 3.05) is 23.3 Å². The number of carboxylic acids is 1. The summed E-state index contributed by atoms with van der Waals surface area (Å²) in [5.41, 5.74) is 10.2. The van der Waals surface area contributed by atoms with Crippen LogP contribution in [-0.2, 0) is 25.1 Å². The van der Waals surface area contributed by atoms with Crippen LogP contribution in [0.25, 0.3) is 15.3 Å². The number of thiazole rings is 1. The molecule has 0 aliphatic rings. The van der Waals surface area contributed by atoms with Crippen molar-refractivity contribution in [1.82, 2.24) is 24.1 Å². The van der Waals surface area contributed by atoms with E-state index in [1.165, 1.54) is 28.4 Å². The van der Waals surface area contributed by atoms with Crippen molar-refractivity contribution in [2.45, 2.75) is 99.3 Å². The third-order valence-corrected chi connectivity index (χ3v) is 13.5. The fourth-order valence-corrected chi connectivity index (χ4v) is 10.2. The lowest BCUT2D eigenvalue weighted by atomic mass is 9.90. The fraction of sp³-hybridized carbons (Fsp3) is 0.340. The zero-order chi connectivity index (χ0) is 47.7. The number of aliphatic carboxylic acids is 1. The molecule has 3 aromatic carbocycles. The molecule has 0 bridgehead atoms. The number of hydrogen-bond acceptors (Lipinski definition) is 14. The van der Waals surface area contributed by atoms with Gasteiger partial charge in [-0.3, -0.25) is 4.79 Å². The van der Waals surface area contributed by atoms with E-state index in [1.54, 1.807) is 0 Å². The summed E-state index contributed by atoms with van der Waals surface area (Å²) in [5, 5.41) is 47.6. The van der Waals surface area contributed by atoms with Gasteiger partial charge in [0.2, 0.25) is 11.0 Å². The molecule has 3 N–H and O–H groups in total. The number of anilines is 4. The van der Waals surface area contributed by atoms with Crippen LogP contribution in [0.3, 0.4) is 0 Å². The van der Waals surface area contributed by atoms with Gasteiger partial charge in [0.05, 0.1) is 20.8 Å². The summed E-state index contributed by atoms with van der Waals surface area (Å²) < 4.78 is 29.4. The lowest BCUT2D eigenvalue weighted by Crippen LogP contribution is -2.35. The first-order valence-electron chi connectivity index (χ1n) is 20.9. The summed E-state index contributed by atoms with van der Waals surface area (Å²) in [6.07, 6.45) is 1.92. The Bertz CT molecular complexity index is 2990. The van der Waals surface area contributed by atoms with Crippen molar-refractivity contribution in [1.29, 1.82) is 5.26 Å². The lowest BCUT2D eigenvalue weighted by molar-refractivity contribution is -0.217. The molecule has 0 atom stereocenters. The first-order valence-corrected chi connectivity index (χ1v) is 23.2. The van der Waals surface area contributed by atoms with Crippen molar-refractivity contribution in [2.24, 2.45) is 10.2 Å². The van der Waals surface area contributed by atoms with Crippen LogP contribution in [0.4, 0.5) is 34.5 Å². The number of sulfonamides is 1. The molecule has 65 heavy (non-hydrogen) atoms. The van der Waals surface area contributed by atoms with E-state index in [2.05, 4.69) is 86.6 Å². The summed E-state index contributed by atoms with van der Waals surface area (Å²) in [7, 11) is -4.57. The molecule has 18 heteroatoms. The third kappa shape index (κ3) is 9.87. The molecule has 0 saturated heterocycles. The number of fused-ring (bicyclic) bond motifs is 1. The smallest absolute Gasteiger partial charge is 0.324 e. The van der Waals surface area contributed by atoms with Crippen LogP contribution < -0.4 is 10.2 Å². The fourth-order valence-electron chi connectivity index (χ4n) is 7.86. The molecule has 0 radical (unpaired) electrons. The second-order valence-corrected chi connectivity index (χ2v) is 20.1. The standard InChI is InChI=1S/C47H54N10O6S2/c1-13-14-17-55(42-31(7)20-27(3)21-32(42)8)38-22-30(6)41(44(50-38)51-40-28(4)18-26(2)19-29(40)5)52-53-45-35(24-48)43(47(10,11)12)54-57(45)46-49-36-16-15-34(23-37(36)64-46)65(61,62)56(25-39(58)59)33(9)63-60/h15-16,18-23,60H,9,13-14,17,25H2,1-8,10-12H3,(H,50,51)(H,58,59). The number of carboxylic acid groups (broad SMARTS) is 1. The van der Waals surface area contributed by atoms with E-state index in [9.17, 15) is 23.6 Å². The molecule has 0 aliphatic carbocycles. The van der Waals surface area contributed by atoms with Gasteiger partial charge in [-0.15, -0.1) is 10.2 Å². The van der Waals surface area contributed by atoms with Gasteiger partial charge in [-0.05, 0) is 114 Å². The zero-order valence-corrected chi connectivity index (χ0v) is 40.2. The number of benzene rings is 3. The number of hydrogen-bond donors (Lipinski definition) is 3. The average Bonchev–Trinajstić information content (AvgIpc) is 3.82. The Morgan fingerprint density at radius 2 is 1.58 bits per heavy atom. The van der Waals surface area contributed by atoms with E-state index in [-0.39, 0.29) is 21.4 Å². The van der Waals surface area contributed by atoms with Gasteiger partial charge in [0, 0.05) is 23.3 Å². The maximum Gasteiger partial charge on any atom is 0.324 e. The van der Waals surface area contributed by atoms with Crippen LogP contribution in [0.2, 0.25) is 0 Å². The Morgan fingerprint density at radius 3 is 2.15 bits per heavy atom. The van der Waals surface area contributed by atoms with Crippen LogP contribution in [0.5, 0.6) is 0 Å². The summed E-state index contributed by atoms with van der Waals surface area (Å²) in [5.74, 6) is -0.995. The van der Waals surface area contributed by atoms with Gasteiger partial charge in [0.15, 0.2) is 11.6 Å². The number of nitriles is 1. The number of unbranched alkanes of at least 4 members (excludes halogenated alkanes) is 1. The molecule has 0 aliphatic heterocycles. The topological polar surface area (TPSA) is 212 Å². The van der Waals surface area contributed by atoms with Gasteiger partial charge in [-0.2, -0.15) is 15.0 Å². The summed E-state index contributed by atoms with van der Waals surface area (Å²) in [4.78, 5) is 27.6. The molecule has 0 spiro atoms. The number of carbonyl (C=O) groups is 1. The van der Waals surface area contributed by atoms with Crippen LogP contribution >= 0.6 is 11.3 Å². The normalized spacial score (nSPS) is 11.9. The molecule has 3 aromatic heterocycles. The van der Waals surface area contributed by atoms with Crippen molar-refractivity contribution in [3.8, 4) is 11.2 Å². The maximum atomic E-state index is 13.6. The van der Waals surface area contributed by atoms with E-state index in [1.807, 2.05) is 47.6 Å². The molecule has 16 nitrogen and oxygen atoms in total. The predicted octanol–water partition coefficient (Wildman–Crippen LogP) is 11.3. The van der Waals surface area contributed by atoms with E-state index in [0.29, 0.717) is 31.7 Å². The number of rotatable bonds is 16. The predicted molar refractivity (Wildman–Crippen MR) is 254 cm³/mol. The van der Waals surface area contributed by atoms with Crippen LogP contribution in [0.15, 0.2) is 76.1 Å². The molecule has 3 heterocycles. The molecular weight excluding hydrogens is 865 g/mol. The van der Waals surface area contributed by atoms with Crippen LogP contribution in [-0.4, -0.2) is 61.9 Å². The third-order valence-electron chi connectivity index (χ3n) is 10.7. The molecule has 0 fully saturated rings.